The minimum atomic E-state index is -0.0649. The van der Waals surface area contributed by atoms with Crippen LogP contribution in [0.2, 0.25) is 0 Å². The number of carbonyl (C=O) groups excluding carboxylic acids is 1. The zero-order chi connectivity index (χ0) is 16.1. The Labute approximate surface area is 139 Å². The molecule has 1 aromatic carbocycles. The van der Waals surface area contributed by atoms with E-state index in [9.17, 15) is 4.79 Å². The highest BCUT2D eigenvalue weighted by atomic mass is 16.5. The van der Waals surface area contributed by atoms with Gasteiger partial charge in [-0.15, -0.1) is 0 Å². The number of benzene rings is 1. The minimum absolute atomic E-state index is 0.0649. The number of hydrogen-bond donors (Lipinski definition) is 1. The monoisotopic (exact) mass is 316 g/mol. The molecule has 1 heterocycles. The SMILES string of the molecule is CN(CCNC(=O)[C@@H]1COc2ccccc2C1)C1CCCCC1. The molecule has 126 valence electrons. The van der Waals surface area contributed by atoms with E-state index in [-0.39, 0.29) is 11.8 Å². The number of nitrogens with zero attached hydrogens (tertiary/aromatic N) is 1. The molecule has 0 aromatic heterocycles. The summed E-state index contributed by atoms with van der Waals surface area (Å²) in [6, 6.07) is 8.70. The van der Waals surface area contributed by atoms with Crippen molar-refractivity contribution in [2.75, 3.05) is 26.7 Å². The lowest BCUT2D eigenvalue weighted by Gasteiger charge is -2.31. The van der Waals surface area contributed by atoms with Crippen molar-refractivity contribution >= 4 is 5.91 Å². The molecule has 1 atom stereocenters. The van der Waals surface area contributed by atoms with Crippen LogP contribution in [0.15, 0.2) is 24.3 Å². The van der Waals surface area contributed by atoms with Gasteiger partial charge >= 0.3 is 0 Å². The lowest BCUT2D eigenvalue weighted by molar-refractivity contribution is -0.126. The predicted molar refractivity (Wildman–Crippen MR) is 91.6 cm³/mol. The van der Waals surface area contributed by atoms with Crippen molar-refractivity contribution < 1.29 is 9.53 Å². The maximum atomic E-state index is 12.4. The van der Waals surface area contributed by atoms with Crippen LogP contribution in [0.1, 0.15) is 37.7 Å². The summed E-state index contributed by atoms with van der Waals surface area (Å²) in [5.41, 5.74) is 1.14. The Balaban J connectivity index is 1.41. The summed E-state index contributed by atoms with van der Waals surface area (Å²) < 4.78 is 5.71. The average molecular weight is 316 g/mol. The van der Waals surface area contributed by atoms with E-state index < -0.39 is 0 Å². The first-order valence-corrected chi connectivity index (χ1v) is 8.92. The number of likely N-dealkylation sites (N-methyl/N-ethyl adjacent to an activating group) is 1. The molecule has 4 heteroatoms. The topological polar surface area (TPSA) is 41.6 Å². The molecule has 1 amide bonds. The standard InChI is InChI=1S/C19H28N2O2/c1-21(17-8-3-2-4-9-17)12-11-20-19(22)16-13-15-7-5-6-10-18(15)23-14-16/h5-7,10,16-17H,2-4,8-9,11-14H2,1H3,(H,20,22)/t16-/m0/s1. The van der Waals surface area contributed by atoms with Crippen LogP contribution in [0, 0.1) is 5.92 Å². The second-order valence-corrected chi connectivity index (χ2v) is 6.88. The first-order chi connectivity index (χ1) is 11.2. The van der Waals surface area contributed by atoms with E-state index in [2.05, 4.69) is 17.3 Å². The van der Waals surface area contributed by atoms with Crippen LogP contribution in [0.25, 0.3) is 0 Å². The molecule has 0 saturated heterocycles. The van der Waals surface area contributed by atoms with E-state index in [0.717, 1.165) is 30.8 Å². The van der Waals surface area contributed by atoms with Gasteiger partial charge in [0.15, 0.2) is 0 Å². The van der Waals surface area contributed by atoms with Gasteiger partial charge in [-0.25, -0.2) is 0 Å². The summed E-state index contributed by atoms with van der Waals surface area (Å²) in [4.78, 5) is 14.8. The number of para-hydroxylation sites is 1. The maximum absolute atomic E-state index is 12.4. The third-order valence-electron chi connectivity index (χ3n) is 5.21. The van der Waals surface area contributed by atoms with Gasteiger partial charge in [0.2, 0.25) is 5.91 Å². The number of hydrogen-bond acceptors (Lipinski definition) is 3. The van der Waals surface area contributed by atoms with E-state index in [1.54, 1.807) is 0 Å². The van der Waals surface area contributed by atoms with Crippen molar-refractivity contribution in [2.45, 2.75) is 44.6 Å². The maximum Gasteiger partial charge on any atom is 0.226 e. The highest BCUT2D eigenvalue weighted by Crippen LogP contribution is 2.26. The van der Waals surface area contributed by atoms with Gasteiger partial charge in [0, 0.05) is 19.1 Å². The van der Waals surface area contributed by atoms with E-state index in [0.29, 0.717) is 12.6 Å². The van der Waals surface area contributed by atoms with Crippen LogP contribution < -0.4 is 10.1 Å². The van der Waals surface area contributed by atoms with Gasteiger partial charge in [-0.2, -0.15) is 0 Å². The summed E-state index contributed by atoms with van der Waals surface area (Å²) in [6.07, 6.45) is 7.46. The van der Waals surface area contributed by atoms with Crippen molar-refractivity contribution in [1.29, 1.82) is 0 Å². The fraction of sp³-hybridized carbons (Fsp3) is 0.632. The smallest absolute Gasteiger partial charge is 0.226 e. The van der Waals surface area contributed by atoms with Crippen LogP contribution in [-0.2, 0) is 11.2 Å². The number of rotatable bonds is 5. The predicted octanol–water partition coefficient (Wildman–Crippen LogP) is 2.62. The highest BCUT2D eigenvalue weighted by molar-refractivity contribution is 5.79. The molecule has 4 nitrogen and oxygen atoms in total. The summed E-state index contributed by atoms with van der Waals surface area (Å²) in [7, 11) is 2.18. The van der Waals surface area contributed by atoms with Gasteiger partial charge in [0.25, 0.3) is 0 Å². The number of carbonyl (C=O) groups is 1. The largest absolute Gasteiger partial charge is 0.492 e. The fourth-order valence-electron chi connectivity index (χ4n) is 3.70. The van der Waals surface area contributed by atoms with E-state index >= 15 is 0 Å². The molecule has 1 aliphatic carbocycles. The quantitative estimate of drug-likeness (QED) is 0.908. The van der Waals surface area contributed by atoms with Gasteiger partial charge in [-0.3, -0.25) is 4.79 Å². The second-order valence-electron chi connectivity index (χ2n) is 6.88. The Kier molecular flexibility index (Phi) is 5.55. The molecule has 23 heavy (non-hydrogen) atoms. The molecule has 1 fully saturated rings. The lowest BCUT2D eigenvalue weighted by Crippen LogP contribution is -2.42. The molecule has 3 rings (SSSR count). The Hall–Kier alpha value is -1.55. The third-order valence-corrected chi connectivity index (χ3v) is 5.21. The number of nitrogens with one attached hydrogen (secondary N) is 1. The Morgan fingerprint density at radius 2 is 2.04 bits per heavy atom. The zero-order valence-electron chi connectivity index (χ0n) is 14.1. The van der Waals surface area contributed by atoms with Crippen molar-refractivity contribution in [3.8, 4) is 5.75 Å². The number of ether oxygens (including phenoxy) is 1. The highest BCUT2D eigenvalue weighted by Gasteiger charge is 2.25. The molecular formula is C19H28N2O2. The molecular weight excluding hydrogens is 288 g/mol. The molecule has 2 aliphatic rings. The van der Waals surface area contributed by atoms with Crippen molar-refractivity contribution in [1.82, 2.24) is 10.2 Å². The van der Waals surface area contributed by atoms with Crippen LogP contribution >= 0.6 is 0 Å². The van der Waals surface area contributed by atoms with E-state index in [1.807, 2.05) is 24.3 Å². The summed E-state index contributed by atoms with van der Waals surface area (Å²) in [6.45, 7) is 2.14. The normalized spacial score (nSPS) is 21.6. The first kappa shape index (κ1) is 16.3. The van der Waals surface area contributed by atoms with Crippen LogP contribution in [-0.4, -0.2) is 43.6 Å². The van der Waals surface area contributed by atoms with Gasteiger partial charge in [-0.1, -0.05) is 37.5 Å². The van der Waals surface area contributed by atoms with Crippen LogP contribution in [0.3, 0.4) is 0 Å². The zero-order valence-corrected chi connectivity index (χ0v) is 14.1. The fourth-order valence-corrected chi connectivity index (χ4v) is 3.70. The lowest BCUT2D eigenvalue weighted by atomic mass is 9.94. The van der Waals surface area contributed by atoms with Crippen molar-refractivity contribution in [2.24, 2.45) is 5.92 Å². The van der Waals surface area contributed by atoms with Gasteiger partial charge in [-0.05, 0) is 37.9 Å². The summed E-state index contributed by atoms with van der Waals surface area (Å²) in [5.74, 6) is 0.981. The number of fused-ring (bicyclic) bond motifs is 1. The van der Waals surface area contributed by atoms with Gasteiger partial charge < -0.3 is 15.0 Å². The van der Waals surface area contributed by atoms with Crippen molar-refractivity contribution in [3.05, 3.63) is 29.8 Å². The van der Waals surface area contributed by atoms with Crippen LogP contribution in [0.5, 0.6) is 5.75 Å². The summed E-state index contributed by atoms with van der Waals surface area (Å²) >= 11 is 0. The third kappa shape index (κ3) is 4.25. The van der Waals surface area contributed by atoms with Gasteiger partial charge in [0.1, 0.15) is 12.4 Å². The molecule has 0 unspecified atom stereocenters. The molecule has 1 aromatic rings. The van der Waals surface area contributed by atoms with Gasteiger partial charge in [0.05, 0.1) is 5.92 Å². The number of amides is 1. The molecule has 1 aliphatic heterocycles. The Morgan fingerprint density at radius 1 is 1.26 bits per heavy atom. The van der Waals surface area contributed by atoms with E-state index in [4.69, 9.17) is 4.74 Å². The van der Waals surface area contributed by atoms with Crippen molar-refractivity contribution in [3.63, 3.8) is 0 Å². The molecule has 0 bridgehead atoms. The Bertz CT molecular complexity index is 526. The Morgan fingerprint density at radius 3 is 2.87 bits per heavy atom. The summed E-state index contributed by atoms with van der Waals surface area (Å²) in [5, 5.41) is 3.09. The molecule has 1 N–H and O–H groups in total. The van der Waals surface area contributed by atoms with E-state index in [1.165, 1.54) is 32.1 Å². The molecule has 0 radical (unpaired) electrons. The first-order valence-electron chi connectivity index (χ1n) is 8.92. The minimum Gasteiger partial charge on any atom is -0.492 e. The second kappa shape index (κ2) is 7.82. The van der Waals surface area contributed by atoms with Crippen LogP contribution in [0.4, 0.5) is 0 Å². The molecule has 1 saturated carbocycles. The average Bonchev–Trinajstić information content (AvgIpc) is 2.61. The molecule has 0 spiro atoms.